The number of carbonyl (C=O) groups is 2. The van der Waals surface area contributed by atoms with Crippen molar-refractivity contribution in [2.45, 2.75) is 13.8 Å². The number of benzene rings is 1. The molecule has 154 valence electrons. The standard InChI is InChI=1S/C21H28N6O2/c1-16(2)19(28)25-18-6-4-17(5-7-18)20(29)22-10-11-26-12-14-27(15-13-26)21-23-8-3-9-24-21/h3-9,16H,10-15H2,1-2H3,(H,22,29)(H,25,28). The first-order valence-electron chi connectivity index (χ1n) is 9.96. The van der Waals surface area contributed by atoms with Gasteiger partial charge in [0.05, 0.1) is 0 Å². The van der Waals surface area contributed by atoms with Crippen molar-refractivity contribution in [1.29, 1.82) is 0 Å². The Morgan fingerprint density at radius 3 is 2.31 bits per heavy atom. The Labute approximate surface area is 171 Å². The maximum Gasteiger partial charge on any atom is 0.251 e. The average molecular weight is 396 g/mol. The van der Waals surface area contributed by atoms with E-state index in [9.17, 15) is 9.59 Å². The fourth-order valence-electron chi connectivity index (χ4n) is 3.05. The number of rotatable bonds is 7. The van der Waals surface area contributed by atoms with Gasteiger partial charge in [0.25, 0.3) is 5.91 Å². The van der Waals surface area contributed by atoms with Crippen LogP contribution in [0.3, 0.4) is 0 Å². The van der Waals surface area contributed by atoms with E-state index in [4.69, 9.17) is 0 Å². The molecule has 8 nitrogen and oxygen atoms in total. The predicted octanol–water partition coefficient (Wildman–Crippen LogP) is 1.62. The minimum absolute atomic E-state index is 0.0406. The van der Waals surface area contributed by atoms with Crippen molar-refractivity contribution in [3.8, 4) is 0 Å². The van der Waals surface area contributed by atoms with Crippen LogP contribution in [0, 0.1) is 5.92 Å². The van der Waals surface area contributed by atoms with Crippen molar-refractivity contribution in [3.63, 3.8) is 0 Å². The van der Waals surface area contributed by atoms with Gasteiger partial charge in [-0.3, -0.25) is 14.5 Å². The van der Waals surface area contributed by atoms with E-state index in [1.807, 2.05) is 19.9 Å². The minimum Gasteiger partial charge on any atom is -0.351 e. The summed E-state index contributed by atoms with van der Waals surface area (Å²) in [7, 11) is 0. The Morgan fingerprint density at radius 2 is 1.69 bits per heavy atom. The van der Waals surface area contributed by atoms with Gasteiger partial charge in [-0.15, -0.1) is 0 Å². The molecule has 0 saturated carbocycles. The summed E-state index contributed by atoms with van der Waals surface area (Å²) >= 11 is 0. The van der Waals surface area contributed by atoms with Gasteiger partial charge in [0.15, 0.2) is 0 Å². The van der Waals surface area contributed by atoms with E-state index in [0.717, 1.165) is 38.7 Å². The SMILES string of the molecule is CC(C)C(=O)Nc1ccc(C(=O)NCCN2CCN(c3ncccn3)CC2)cc1. The summed E-state index contributed by atoms with van der Waals surface area (Å²) in [6.45, 7) is 8.66. The molecule has 0 bridgehead atoms. The molecule has 8 heteroatoms. The summed E-state index contributed by atoms with van der Waals surface area (Å²) in [4.78, 5) is 37.1. The highest BCUT2D eigenvalue weighted by Crippen LogP contribution is 2.11. The van der Waals surface area contributed by atoms with Crippen LogP contribution in [0.25, 0.3) is 0 Å². The van der Waals surface area contributed by atoms with Crippen LogP contribution < -0.4 is 15.5 Å². The second-order valence-corrected chi connectivity index (χ2v) is 7.35. The number of nitrogens with zero attached hydrogens (tertiary/aromatic N) is 4. The lowest BCUT2D eigenvalue weighted by atomic mass is 10.1. The molecule has 1 fully saturated rings. The van der Waals surface area contributed by atoms with Gasteiger partial charge >= 0.3 is 0 Å². The Bertz CT molecular complexity index is 802. The predicted molar refractivity (Wildman–Crippen MR) is 113 cm³/mol. The molecule has 1 aromatic carbocycles. The molecule has 29 heavy (non-hydrogen) atoms. The lowest BCUT2D eigenvalue weighted by Crippen LogP contribution is -2.49. The number of amides is 2. The Morgan fingerprint density at radius 1 is 1.03 bits per heavy atom. The Kier molecular flexibility index (Phi) is 7.13. The maximum atomic E-state index is 12.3. The van der Waals surface area contributed by atoms with Crippen LogP contribution in [0.1, 0.15) is 24.2 Å². The first-order valence-corrected chi connectivity index (χ1v) is 9.96. The van der Waals surface area contributed by atoms with Gasteiger partial charge in [-0.25, -0.2) is 9.97 Å². The third-order valence-corrected chi connectivity index (χ3v) is 4.86. The van der Waals surface area contributed by atoms with Crippen LogP contribution in [-0.4, -0.2) is 66.0 Å². The first kappa shape index (κ1) is 20.7. The normalized spacial score (nSPS) is 14.7. The molecule has 1 aliphatic rings. The second-order valence-electron chi connectivity index (χ2n) is 7.35. The van der Waals surface area contributed by atoms with Gasteiger partial charge in [0.2, 0.25) is 11.9 Å². The number of carbonyl (C=O) groups excluding carboxylic acids is 2. The molecule has 0 unspecified atom stereocenters. The van der Waals surface area contributed by atoms with Crippen molar-refractivity contribution >= 4 is 23.5 Å². The van der Waals surface area contributed by atoms with E-state index >= 15 is 0 Å². The summed E-state index contributed by atoms with van der Waals surface area (Å²) in [6, 6.07) is 8.77. The maximum absolute atomic E-state index is 12.3. The fraction of sp³-hybridized carbons (Fsp3) is 0.429. The molecule has 1 saturated heterocycles. The lowest BCUT2D eigenvalue weighted by molar-refractivity contribution is -0.118. The van der Waals surface area contributed by atoms with E-state index in [0.29, 0.717) is 17.8 Å². The van der Waals surface area contributed by atoms with E-state index in [1.54, 1.807) is 36.7 Å². The summed E-state index contributed by atoms with van der Waals surface area (Å²) in [5.41, 5.74) is 1.28. The summed E-state index contributed by atoms with van der Waals surface area (Å²) in [5, 5.41) is 5.78. The number of anilines is 2. The molecular weight excluding hydrogens is 368 g/mol. The van der Waals surface area contributed by atoms with E-state index in [2.05, 4.69) is 30.4 Å². The second kappa shape index (κ2) is 9.97. The lowest BCUT2D eigenvalue weighted by Gasteiger charge is -2.34. The minimum atomic E-state index is -0.108. The monoisotopic (exact) mass is 396 g/mol. The number of hydrogen-bond acceptors (Lipinski definition) is 6. The van der Waals surface area contributed by atoms with E-state index in [-0.39, 0.29) is 17.7 Å². The van der Waals surface area contributed by atoms with Gasteiger partial charge in [0.1, 0.15) is 0 Å². The zero-order valence-electron chi connectivity index (χ0n) is 17.0. The van der Waals surface area contributed by atoms with Crippen LogP contribution >= 0.6 is 0 Å². The van der Waals surface area contributed by atoms with Gasteiger partial charge in [-0.1, -0.05) is 13.8 Å². The Hall–Kier alpha value is -3.00. The zero-order valence-corrected chi connectivity index (χ0v) is 17.0. The number of piperazine rings is 1. The summed E-state index contributed by atoms with van der Waals surface area (Å²) in [6.07, 6.45) is 3.52. The number of hydrogen-bond donors (Lipinski definition) is 2. The molecule has 0 radical (unpaired) electrons. The molecule has 1 aliphatic heterocycles. The molecule has 2 heterocycles. The zero-order chi connectivity index (χ0) is 20.6. The quantitative estimate of drug-likeness (QED) is 0.739. The summed E-state index contributed by atoms with van der Waals surface area (Å²) in [5.74, 6) is 0.540. The van der Waals surface area contributed by atoms with Crippen LogP contribution in [0.2, 0.25) is 0 Å². The molecule has 0 aliphatic carbocycles. The molecule has 0 spiro atoms. The molecule has 2 N–H and O–H groups in total. The van der Waals surface area contributed by atoms with E-state index < -0.39 is 0 Å². The highest BCUT2D eigenvalue weighted by Gasteiger charge is 2.18. The fourth-order valence-corrected chi connectivity index (χ4v) is 3.05. The van der Waals surface area contributed by atoms with Crippen LogP contribution in [0.5, 0.6) is 0 Å². The molecule has 0 atom stereocenters. The Balaban J connectivity index is 1.38. The third-order valence-electron chi connectivity index (χ3n) is 4.86. The molecule has 2 aromatic rings. The topological polar surface area (TPSA) is 90.5 Å². The van der Waals surface area contributed by atoms with Crippen molar-refractivity contribution < 1.29 is 9.59 Å². The molecular formula is C21H28N6O2. The molecule has 3 rings (SSSR count). The van der Waals surface area contributed by atoms with Gasteiger partial charge in [-0.05, 0) is 30.3 Å². The number of aromatic nitrogens is 2. The van der Waals surface area contributed by atoms with Gasteiger partial charge in [-0.2, -0.15) is 0 Å². The van der Waals surface area contributed by atoms with E-state index in [1.165, 1.54) is 0 Å². The summed E-state index contributed by atoms with van der Waals surface area (Å²) < 4.78 is 0. The van der Waals surface area contributed by atoms with Crippen molar-refractivity contribution in [2.75, 3.05) is 49.5 Å². The largest absolute Gasteiger partial charge is 0.351 e. The number of nitrogens with one attached hydrogen (secondary N) is 2. The van der Waals surface area contributed by atoms with Gasteiger partial charge < -0.3 is 15.5 Å². The average Bonchev–Trinajstić information content (AvgIpc) is 2.75. The van der Waals surface area contributed by atoms with Crippen molar-refractivity contribution in [3.05, 3.63) is 48.3 Å². The highest BCUT2D eigenvalue weighted by molar-refractivity contribution is 5.96. The van der Waals surface area contributed by atoms with Gasteiger partial charge in [0, 0.05) is 68.8 Å². The van der Waals surface area contributed by atoms with Crippen molar-refractivity contribution in [1.82, 2.24) is 20.2 Å². The van der Waals surface area contributed by atoms with Crippen LogP contribution in [0.4, 0.5) is 11.6 Å². The van der Waals surface area contributed by atoms with Crippen LogP contribution in [0.15, 0.2) is 42.7 Å². The third kappa shape index (κ3) is 5.99. The molecule has 1 aromatic heterocycles. The first-order chi connectivity index (χ1) is 14.0. The van der Waals surface area contributed by atoms with Crippen molar-refractivity contribution in [2.24, 2.45) is 5.92 Å². The van der Waals surface area contributed by atoms with Crippen LogP contribution in [-0.2, 0) is 4.79 Å². The smallest absolute Gasteiger partial charge is 0.251 e. The highest BCUT2D eigenvalue weighted by atomic mass is 16.2. The molecule has 2 amide bonds.